The van der Waals surface area contributed by atoms with E-state index < -0.39 is 29.8 Å². The molecule has 0 radical (unpaired) electrons. The van der Waals surface area contributed by atoms with Gasteiger partial charge in [0.2, 0.25) is 5.91 Å². The van der Waals surface area contributed by atoms with Crippen molar-refractivity contribution in [2.24, 2.45) is 10.3 Å². The summed E-state index contributed by atoms with van der Waals surface area (Å²) in [6, 6.07) is 9.55. The molecule has 2 aliphatic rings. The van der Waals surface area contributed by atoms with Crippen LogP contribution in [0.25, 0.3) is 0 Å². The van der Waals surface area contributed by atoms with Crippen molar-refractivity contribution < 1.29 is 14.4 Å². The van der Waals surface area contributed by atoms with Crippen molar-refractivity contribution in [3.05, 3.63) is 57.0 Å². The standard InChI is InChI=1S/C18H12BrCl2N5O3/c19-9-2-1-3-11(6-9)26-17(28)15-16(18(26)29)25(24-23-15)8-14(27)22-10-4-5-12(20)13(21)7-10/h1-7,15-16H,8H2,(H,22,27)/t15-,16-/m0/s1. The monoisotopic (exact) mass is 495 g/mol. The Morgan fingerprint density at radius 3 is 2.62 bits per heavy atom. The van der Waals surface area contributed by atoms with Gasteiger partial charge in [-0.25, -0.2) is 4.90 Å². The number of halogens is 3. The SMILES string of the molecule is O=C(CN1N=N[C@@H]2C(=O)N(c3cccc(Br)c3)C(=O)[C@H]21)Nc1ccc(Cl)c(Cl)c1. The van der Waals surface area contributed by atoms with E-state index in [-0.39, 0.29) is 6.54 Å². The number of carbonyl (C=O) groups excluding carboxylic acids is 3. The van der Waals surface area contributed by atoms with Crippen LogP contribution in [0.3, 0.4) is 0 Å². The van der Waals surface area contributed by atoms with E-state index in [4.69, 9.17) is 23.2 Å². The van der Waals surface area contributed by atoms with E-state index in [1.165, 1.54) is 11.1 Å². The number of nitrogens with one attached hydrogen (secondary N) is 1. The Hall–Kier alpha value is -2.49. The van der Waals surface area contributed by atoms with Crippen LogP contribution in [0.2, 0.25) is 10.0 Å². The summed E-state index contributed by atoms with van der Waals surface area (Å²) >= 11 is 15.1. The Morgan fingerprint density at radius 1 is 1.10 bits per heavy atom. The molecule has 3 amide bonds. The van der Waals surface area contributed by atoms with E-state index in [1.54, 1.807) is 36.4 Å². The molecule has 0 saturated carbocycles. The first kappa shape index (κ1) is 19.8. The first-order valence-electron chi connectivity index (χ1n) is 8.41. The van der Waals surface area contributed by atoms with Crippen LogP contribution >= 0.6 is 39.1 Å². The minimum Gasteiger partial charge on any atom is -0.324 e. The van der Waals surface area contributed by atoms with Crippen molar-refractivity contribution in [3.63, 3.8) is 0 Å². The number of hydrogen-bond donors (Lipinski definition) is 1. The molecular weight excluding hydrogens is 485 g/mol. The van der Waals surface area contributed by atoms with Gasteiger partial charge in [-0.05, 0) is 36.4 Å². The molecule has 2 aromatic rings. The van der Waals surface area contributed by atoms with Crippen LogP contribution in [0.4, 0.5) is 11.4 Å². The average molecular weight is 497 g/mol. The number of hydrogen-bond acceptors (Lipinski definition) is 6. The molecule has 2 heterocycles. The van der Waals surface area contributed by atoms with Crippen LogP contribution in [0, 0.1) is 0 Å². The van der Waals surface area contributed by atoms with Crippen molar-refractivity contribution in [1.82, 2.24) is 5.01 Å². The molecule has 2 atom stereocenters. The summed E-state index contributed by atoms with van der Waals surface area (Å²) in [5.41, 5.74) is 0.876. The zero-order valence-electron chi connectivity index (χ0n) is 14.6. The molecule has 8 nitrogen and oxygen atoms in total. The number of rotatable bonds is 4. The van der Waals surface area contributed by atoms with Gasteiger partial charge in [-0.3, -0.25) is 19.4 Å². The summed E-state index contributed by atoms with van der Waals surface area (Å²) in [6.45, 7) is -0.254. The van der Waals surface area contributed by atoms with Gasteiger partial charge in [0, 0.05) is 10.2 Å². The molecule has 0 spiro atoms. The predicted molar refractivity (Wildman–Crippen MR) is 111 cm³/mol. The van der Waals surface area contributed by atoms with Gasteiger partial charge in [0.15, 0.2) is 12.1 Å². The number of fused-ring (bicyclic) bond motifs is 1. The minimum atomic E-state index is -0.973. The molecule has 29 heavy (non-hydrogen) atoms. The molecular formula is C18H12BrCl2N5O3. The van der Waals surface area contributed by atoms with E-state index in [0.29, 0.717) is 21.4 Å². The second-order valence-corrected chi connectivity index (χ2v) is 8.09. The van der Waals surface area contributed by atoms with Crippen molar-refractivity contribution in [2.75, 3.05) is 16.8 Å². The molecule has 1 N–H and O–H groups in total. The van der Waals surface area contributed by atoms with Gasteiger partial charge < -0.3 is 5.32 Å². The summed E-state index contributed by atoms with van der Waals surface area (Å²) in [7, 11) is 0. The molecule has 2 aromatic carbocycles. The quantitative estimate of drug-likeness (QED) is 0.653. The van der Waals surface area contributed by atoms with E-state index in [0.717, 1.165) is 9.37 Å². The van der Waals surface area contributed by atoms with E-state index in [2.05, 4.69) is 31.6 Å². The van der Waals surface area contributed by atoms with Crippen molar-refractivity contribution in [1.29, 1.82) is 0 Å². The first-order valence-corrected chi connectivity index (χ1v) is 9.96. The van der Waals surface area contributed by atoms with Crippen LogP contribution in [0.1, 0.15) is 0 Å². The number of benzene rings is 2. The fourth-order valence-corrected chi connectivity index (χ4v) is 3.83. The molecule has 0 unspecified atom stereocenters. The molecule has 4 rings (SSSR count). The number of amides is 3. The third-order valence-corrected chi connectivity index (χ3v) is 5.67. The van der Waals surface area contributed by atoms with Gasteiger partial charge in [0.1, 0.15) is 6.54 Å². The molecule has 1 fully saturated rings. The summed E-state index contributed by atoms with van der Waals surface area (Å²) in [5, 5.41) is 12.3. The van der Waals surface area contributed by atoms with E-state index in [1.807, 2.05) is 0 Å². The fourth-order valence-electron chi connectivity index (χ4n) is 3.15. The van der Waals surface area contributed by atoms with Gasteiger partial charge in [-0.2, -0.15) is 5.11 Å². The van der Waals surface area contributed by atoms with Gasteiger partial charge in [0.05, 0.1) is 15.7 Å². The number of anilines is 2. The lowest BCUT2D eigenvalue weighted by molar-refractivity contribution is -0.123. The number of carbonyl (C=O) groups is 3. The number of imide groups is 1. The average Bonchev–Trinajstić information content (AvgIpc) is 3.18. The summed E-state index contributed by atoms with van der Waals surface area (Å²) < 4.78 is 0.729. The Bertz CT molecular complexity index is 1060. The summed E-state index contributed by atoms with van der Waals surface area (Å²) in [4.78, 5) is 39.1. The van der Waals surface area contributed by atoms with Gasteiger partial charge in [0.25, 0.3) is 11.8 Å². The molecule has 1 saturated heterocycles. The van der Waals surface area contributed by atoms with Gasteiger partial charge in [-0.15, -0.1) is 0 Å². The van der Waals surface area contributed by atoms with E-state index >= 15 is 0 Å². The molecule has 2 aliphatic heterocycles. The topological polar surface area (TPSA) is 94.4 Å². The second kappa shape index (κ2) is 7.74. The summed E-state index contributed by atoms with van der Waals surface area (Å²) in [5.74, 6) is -1.40. The highest BCUT2D eigenvalue weighted by molar-refractivity contribution is 9.10. The van der Waals surface area contributed by atoms with Crippen LogP contribution in [0.5, 0.6) is 0 Å². The smallest absolute Gasteiger partial charge is 0.263 e. The normalized spacial score (nSPS) is 20.4. The highest BCUT2D eigenvalue weighted by atomic mass is 79.9. The van der Waals surface area contributed by atoms with Crippen LogP contribution < -0.4 is 10.2 Å². The van der Waals surface area contributed by atoms with Crippen molar-refractivity contribution in [3.8, 4) is 0 Å². The fraction of sp³-hybridized carbons (Fsp3) is 0.167. The van der Waals surface area contributed by atoms with Crippen LogP contribution in [-0.4, -0.2) is 41.4 Å². The second-order valence-electron chi connectivity index (χ2n) is 6.36. The van der Waals surface area contributed by atoms with Gasteiger partial charge >= 0.3 is 0 Å². The van der Waals surface area contributed by atoms with Crippen molar-refractivity contribution >= 4 is 68.2 Å². The summed E-state index contributed by atoms with van der Waals surface area (Å²) in [6.07, 6.45) is 0. The third-order valence-electron chi connectivity index (χ3n) is 4.43. The Labute approximate surface area is 183 Å². The van der Waals surface area contributed by atoms with Crippen molar-refractivity contribution in [2.45, 2.75) is 12.1 Å². The van der Waals surface area contributed by atoms with E-state index in [9.17, 15) is 14.4 Å². The zero-order valence-corrected chi connectivity index (χ0v) is 17.6. The minimum absolute atomic E-state index is 0.254. The molecule has 11 heteroatoms. The highest BCUT2D eigenvalue weighted by Crippen LogP contribution is 2.33. The Balaban J connectivity index is 1.49. The lowest BCUT2D eigenvalue weighted by atomic mass is 10.1. The maximum absolute atomic E-state index is 12.9. The lowest BCUT2D eigenvalue weighted by Crippen LogP contribution is -2.43. The zero-order chi connectivity index (χ0) is 20.7. The van der Waals surface area contributed by atoms with Crippen LogP contribution in [-0.2, 0) is 14.4 Å². The molecule has 0 aliphatic carbocycles. The highest BCUT2D eigenvalue weighted by Gasteiger charge is 2.55. The maximum atomic E-state index is 12.9. The predicted octanol–water partition coefficient (Wildman–Crippen LogP) is 3.69. The van der Waals surface area contributed by atoms with Crippen LogP contribution in [0.15, 0.2) is 57.3 Å². The number of nitrogens with zero attached hydrogens (tertiary/aromatic N) is 4. The van der Waals surface area contributed by atoms with Gasteiger partial charge in [-0.1, -0.05) is 50.4 Å². The maximum Gasteiger partial charge on any atom is 0.263 e. The lowest BCUT2D eigenvalue weighted by Gasteiger charge is -2.20. The Morgan fingerprint density at radius 2 is 1.90 bits per heavy atom. The largest absolute Gasteiger partial charge is 0.324 e. The molecule has 148 valence electrons. The molecule has 0 aromatic heterocycles. The third kappa shape index (κ3) is 3.73. The first-order chi connectivity index (χ1) is 13.8. The molecule has 0 bridgehead atoms. The Kier molecular flexibility index (Phi) is 5.28.